The van der Waals surface area contributed by atoms with Crippen LogP contribution in [0.3, 0.4) is 0 Å². The zero-order valence-corrected chi connectivity index (χ0v) is 13.3. The zero-order valence-electron chi connectivity index (χ0n) is 12.5. The lowest BCUT2D eigenvalue weighted by Gasteiger charge is -2.31. The Hall–Kier alpha value is -0.660. The number of hydrogen-bond acceptors (Lipinski definition) is 4. The van der Waals surface area contributed by atoms with Gasteiger partial charge in [0.1, 0.15) is 6.04 Å². The van der Waals surface area contributed by atoms with Crippen molar-refractivity contribution in [3.8, 4) is 0 Å². The SMILES string of the molecule is CC(C)CC(NCC1CCCN(S(C)(=O)=O)C1)C(=O)O. The van der Waals surface area contributed by atoms with E-state index in [9.17, 15) is 13.2 Å². The molecule has 7 heteroatoms. The molecule has 20 heavy (non-hydrogen) atoms. The van der Waals surface area contributed by atoms with E-state index in [1.165, 1.54) is 10.6 Å². The van der Waals surface area contributed by atoms with Crippen LogP contribution in [0.25, 0.3) is 0 Å². The summed E-state index contributed by atoms with van der Waals surface area (Å²) in [5.74, 6) is -0.343. The summed E-state index contributed by atoms with van der Waals surface area (Å²) < 4.78 is 24.6. The van der Waals surface area contributed by atoms with Gasteiger partial charge in [0.25, 0.3) is 0 Å². The summed E-state index contributed by atoms with van der Waals surface area (Å²) in [7, 11) is -3.14. The van der Waals surface area contributed by atoms with Crippen LogP contribution in [0.1, 0.15) is 33.1 Å². The third kappa shape index (κ3) is 5.76. The fourth-order valence-corrected chi connectivity index (χ4v) is 3.49. The summed E-state index contributed by atoms with van der Waals surface area (Å²) in [4.78, 5) is 11.2. The van der Waals surface area contributed by atoms with Gasteiger partial charge in [0.2, 0.25) is 10.0 Å². The van der Waals surface area contributed by atoms with Crippen LogP contribution in [0.2, 0.25) is 0 Å². The standard InChI is InChI=1S/C13H26N2O4S/c1-10(2)7-12(13(16)17)14-8-11-5-4-6-15(9-11)20(3,18)19/h10-12,14H,4-9H2,1-3H3,(H,16,17). The number of piperidine rings is 1. The van der Waals surface area contributed by atoms with Gasteiger partial charge in [-0.15, -0.1) is 0 Å². The second-order valence-corrected chi connectivity index (χ2v) is 8.04. The van der Waals surface area contributed by atoms with E-state index in [-0.39, 0.29) is 5.92 Å². The van der Waals surface area contributed by atoms with Gasteiger partial charge in [0.15, 0.2) is 0 Å². The van der Waals surface area contributed by atoms with Crippen molar-refractivity contribution in [3.05, 3.63) is 0 Å². The molecule has 0 aromatic rings. The van der Waals surface area contributed by atoms with Crippen molar-refractivity contribution in [2.75, 3.05) is 25.9 Å². The zero-order chi connectivity index (χ0) is 15.3. The van der Waals surface area contributed by atoms with Crippen LogP contribution in [0.15, 0.2) is 0 Å². The van der Waals surface area contributed by atoms with Crippen molar-refractivity contribution in [1.29, 1.82) is 0 Å². The molecule has 0 aromatic carbocycles. The van der Waals surface area contributed by atoms with Crippen molar-refractivity contribution in [2.45, 2.75) is 39.2 Å². The number of carbonyl (C=O) groups is 1. The molecule has 1 heterocycles. The summed E-state index contributed by atoms with van der Waals surface area (Å²) >= 11 is 0. The fourth-order valence-electron chi connectivity index (χ4n) is 2.55. The van der Waals surface area contributed by atoms with Crippen LogP contribution in [-0.4, -0.2) is 55.7 Å². The van der Waals surface area contributed by atoms with E-state index >= 15 is 0 Å². The predicted octanol–water partition coefficient (Wildman–Crippen LogP) is 0.747. The normalized spacial score (nSPS) is 22.9. The molecule has 1 aliphatic rings. The van der Waals surface area contributed by atoms with E-state index in [2.05, 4.69) is 5.32 Å². The highest BCUT2D eigenvalue weighted by atomic mass is 32.2. The van der Waals surface area contributed by atoms with Crippen molar-refractivity contribution in [2.24, 2.45) is 11.8 Å². The molecule has 2 unspecified atom stereocenters. The van der Waals surface area contributed by atoms with E-state index in [0.717, 1.165) is 12.8 Å². The van der Waals surface area contributed by atoms with Gasteiger partial charge >= 0.3 is 5.97 Å². The van der Waals surface area contributed by atoms with E-state index in [4.69, 9.17) is 5.11 Å². The molecule has 2 N–H and O–H groups in total. The maximum absolute atomic E-state index is 11.5. The highest BCUT2D eigenvalue weighted by Crippen LogP contribution is 2.18. The average molecular weight is 306 g/mol. The van der Waals surface area contributed by atoms with E-state index < -0.39 is 22.0 Å². The van der Waals surface area contributed by atoms with Gasteiger partial charge in [0, 0.05) is 19.6 Å². The van der Waals surface area contributed by atoms with Gasteiger partial charge in [-0.05, 0) is 31.1 Å². The number of hydrogen-bond donors (Lipinski definition) is 2. The van der Waals surface area contributed by atoms with E-state index in [1.807, 2.05) is 13.8 Å². The Balaban J connectivity index is 2.49. The molecule has 2 atom stereocenters. The molecule has 0 saturated carbocycles. The second kappa shape index (κ2) is 7.38. The van der Waals surface area contributed by atoms with Crippen LogP contribution < -0.4 is 5.32 Å². The van der Waals surface area contributed by atoms with Gasteiger partial charge in [0.05, 0.1) is 6.26 Å². The van der Waals surface area contributed by atoms with E-state index in [1.54, 1.807) is 0 Å². The molecular weight excluding hydrogens is 280 g/mol. The molecule has 0 amide bonds. The summed E-state index contributed by atoms with van der Waals surface area (Å²) in [5, 5.41) is 12.2. The third-order valence-electron chi connectivity index (χ3n) is 3.61. The largest absolute Gasteiger partial charge is 0.480 e. The Labute approximate surface area is 121 Å². The van der Waals surface area contributed by atoms with Crippen LogP contribution >= 0.6 is 0 Å². The molecular formula is C13H26N2O4S. The summed E-state index contributed by atoms with van der Waals surface area (Å²) in [6.45, 7) is 5.59. The first-order valence-corrected chi connectivity index (χ1v) is 8.96. The van der Waals surface area contributed by atoms with Gasteiger partial charge in [-0.25, -0.2) is 12.7 Å². The fraction of sp³-hybridized carbons (Fsp3) is 0.923. The lowest BCUT2D eigenvalue weighted by molar-refractivity contribution is -0.140. The lowest BCUT2D eigenvalue weighted by atomic mass is 9.98. The smallest absolute Gasteiger partial charge is 0.320 e. The minimum atomic E-state index is -3.14. The van der Waals surface area contributed by atoms with Crippen molar-refractivity contribution in [1.82, 2.24) is 9.62 Å². The first-order chi connectivity index (χ1) is 9.20. The quantitative estimate of drug-likeness (QED) is 0.725. The molecule has 1 rings (SSSR count). The van der Waals surface area contributed by atoms with Crippen molar-refractivity contribution >= 4 is 16.0 Å². The lowest BCUT2D eigenvalue weighted by Crippen LogP contribution is -2.46. The van der Waals surface area contributed by atoms with Crippen LogP contribution in [0.5, 0.6) is 0 Å². The molecule has 0 aliphatic carbocycles. The monoisotopic (exact) mass is 306 g/mol. The second-order valence-electron chi connectivity index (χ2n) is 6.06. The Bertz CT molecular complexity index is 422. The first-order valence-electron chi connectivity index (χ1n) is 7.11. The minimum absolute atomic E-state index is 0.187. The van der Waals surface area contributed by atoms with Gasteiger partial charge in [-0.1, -0.05) is 13.8 Å². The summed E-state index contributed by atoms with van der Waals surface area (Å²) in [5.41, 5.74) is 0. The van der Waals surface area contributed by atoms with Gasteiger partial charge in [-0.3, -0.25) is 4.79 Å². The highest BCUT2D eigenvalue weighted by molar-refractivity contribution is 7.88. The first kappa shape index (κ1) is 17.4. The number of aliphatic carboxylic acids is 1. The Morgan fingerprint density at radius 2 is 2.10 bits per heavy atom. The Kier molecular flexibility index (Phi) is 6.42. The number of nitrogens with zero attached hydrogens (tertiary/aromatic N) is 1. The summed E-state index contributed by atoms with van der Waals surface area (Å²) in [6.07, 6.45) is 3.58. The van der Waals surface area contributed by atoms with Crippen LogP contribution in [-0.2, 0) is 14.8 Å². The molecule has 118 valence electrons. The maximum atomic E-state index is 11.5. The Morgan fingerprint density at radius 3 is 2.60 bits per heavy atom. The maximum Gasteiger partial charge on any atom is 0.320 e. The van der Waals surface area contributed by atoms with Crippen LogP contribution in [0, 0.1) is 11.8 Å². The topological polar surface area (TPSA) is 86.7 Å². The van der Waals surface area contributed by atoms with Crippen LogP contribution in [0.4, 0.5) is 0 Å². The molecule has 0 aromatic heterocycles. The predicted molar refractivity (Wildman–Crippen MR) is 78.0 cm³/mol. The molecule has 1 fully saturated rings. The number of sulfonamides is 1. The molecule has 0 bridgehead atoms. The molecule has 1 aliphatic heterocycles. The number of carboxylic acids is 1. The molecule has 1 saturated heterocycles. The van der Waals surface area contributed by atoms with Crippen molar-refractivity contribution in [3.63, 3.8) is 0 Å². The van der Waals surface area contributed by atoms with Gasteiger partial charge in [-0.2, -0.15) is 0 Å². The third-order valence-corrected chi connectivity index (χ3v) is 4.88. The highest BCUT2D eigenvalue weighted by Gasteiger charge is 2.27. The summed E-state index contributed by atoms with van der Waals surface area (Å²) in [6, 6.07) is -0.552. The minimum Gasteiger partial charge on any atom is -0.480 e. The number of rotatable bonds is 7. The van der Waals surface area contributed by atoms with Gasteiger partial charge < -0.3 is 10.4 Å². The molecule has 0 spiro atoms. The number of carboxylic acid groups (broad SMARTS) is 1. The average Bonchev–Trinajstić information content (AvgIpc) is 2.33. The Morgan fingerprint density at radius 1 is 1.45 bits per heavy atom. The molecule has 6 nitrogen and oxygen atoms in total. The van der Waals surface area contributed by atoms with E-state index in [0.29, 0.717) is 32.0 Å². The number of nitrogens with one attached hydrogen (secondary N) is 1. The van der Waals surface area contributed by atoms with Crippen molar-refractivity contribution < 1.29 is 18.3 Å². The molecule has 0 radical (unpaired) electrons.